The second-order valence-corrected chi connectivity index (χ2v) is 5.57. The van der Waals surface area contributed by atoms with Crippen LogP contribution in [0.3, 0.4) is 0 Å². The Labute approximate surface area is 133 Å². The quantitative estimate of drug-likeness (QED) is 0.671. The van der Waals surface area contributed by atoms with E-state index in [2.05, 4.69) is 4.98 Å². The fourth-order valence-electron chi connectivity index (χ4n) is 3.08. The maximum atomic E-state index is 11.6. The molecule has 1 aromatic carbocycles. The molecule has 1 saturated heterocycles. The maximum absolute atomic E-state index is 11.6. The van der Waals surface area contributed by atoms with Gasteiger partial charge in [0.05, 0.1) is 35.1 Å². The highest BCUT2D eigenvalue weighted by molar-refractivity contribution is 5.94. The van der Waals surface area contributed by atoms with Gasteiger partial charge in [-0.3, -0.25) is 15.1 Å². The van der Waals surface area contributed by atoms with Crippen molar-refractivity contribution in [2.45, 2.75) is 18.9 Å². The van der Waals surface area contributed by atoms with Gasteiger partial charge in [-0.1, -0.05) is 0 Å². The van der Waals surface area contributed by atoms with Crippen LogP contribution in [0.15, 0.2) is 30.5 Å². The van der Waals surface area contributed by atoms with Gasteiger partial charge in [-0.05, 0) is 37.1 Å². The van der Waals surface area contributed by atoms with Gasteiger partial charge in [-0.2, -0.15) is 0 Å². The first-order chi connectivity index (χ1) is 11.2. The molecule has 0 aliphatic carbocycles. The number of aliphatic hydroxyl groups is 1. The normalized spacial score (nSPS) is 18.3. The fraction of sp³-hybridized carbons (Fsp3) is 0.438. The molecule has 0 spiro atoms. The summed E-state index contributed by atoms with van der Waals surface area (Å²) >= 11 is 0. The van der Waals surface area contributed by atoms with Crippen LogP contribution in [0.1, 0.15) is 12.8 Å². The molecule has 3 rings (SSSR count). The van der Waals surface area contributed by atoms with Crippen LogP contribution in [0, 0.1) is 10.1 Å². The zero-order chi connectivity index (χ0) is 16.2. The number of ether oxygens (including phenoxy) is 1. The van der Waals surface area contributed by atoms with Crippen molar-refractivity contribution in [3.63, 3.8) is 0 Å². The summed E-state index contributed by atoms with van der Waals surface area (Å²) in [5.74, 6) is 0. The summed E-state index contributed by atoms with van der Waals surface area (Å²) in [5.41, 5.74) is 1.32. The number of aliphatic hydroxyl groups excluding tert-OH is 1. The zero-order valence-corrected chi connectivity index (χ0v) is 12.7. The van der Waals surface area contributed by atoms with E-state index in [9.17, 15) is 10.1 Å². The summed E-state index contributed by atoms with van der Waals surface area (Å²) in [5, 5.41) is 21.0. The average Bonchev–Trinajstić information content (AvgIpc) is 2.59. The molecule has 7 nitrogen and oxygen atoms in total. The van der Waals surface area contributed by atoms with Gasteiger partial charge in [-0.15, -0.1) is 0 Å². The lowest BCUT2D eigenvalue weighted by molar-refractivity contribution is -0.382. The molecule has 0 radical (unpaired) electrons. The van der Waals surface area contributed by atoms with E-state index in [0.29, 0.717) is 29.7 Å². The topological polar surface area (TPSA) is 88.7 Å². The summed E-state index contributed by atoms with van der Waals surface area (Å²) < 4.78 is 5.60. The fourth-order valence-corrected chi connectivity index (χ4v) is 3.08. The minimum absolute atomic E-state index is 0.0138. The highest BCUT2D eigenvalue weighted by atomic mass is 16.6. The number of piperidine rings is 1. The van der Waals surface area contributed by atoms with E-state index in [4.69, 9.17) is 9.84 Å². The molecule has 2 heterocycles. The highest BCUT2D eigenvalue weighted by Crippen LogP contribution is 2.36. The molecule has 1 unspecified atom stereocenters. The van der Waals surface area contributed by atoms with Gasteiger partial charge >= 0.3 is 5.69 Å². The lowest BCUT2D eigenvalue weighted by Crippen LogP contribution is -2.40. The number of nitrogens with zero attached hydrogens (tertiary/aromatic N) is 3. The molecular weight excluding hydrogens is 298 g/mol. The van der Waals surface area contributed by atoms with E-state index in [1.54, 1.807) is 24.4 Å². The number of pyridine rings is 1. The molecular formula is C16H19N3O4. The summed E-state index contributed by atoms with van der Waals surface area (Å²) in [6.07, 6.45) is 3.42. The average molecular weight is 317 g/mol. The van der Waals surface area contributed by atoms with Gasteiger partial charge in [0.25, 0.3) is 0 Å². The Kier molecular flexibility index (Phi) is 4.68. The van der Waals surface area contributed by atoms with Crippen molar-refractivity contribution in [3.05, 3.63) is 40.6 Å². The van der Waals surface area contributed by atoms with Crippen LogP contribution >= 0.6 is 0 Å². The highest BCUT2D eigenvalue weighted by Gasteiger charge is 2.27. The second-order valence-electron chi connectivity index (χ2n) is 5.57. The Morgan fingerprint density at radius 1 is 1.43 bits per heavy atom. The molecule has 1 fully saturated rings. The molecule has 122 valence electrons. The Hall–Kier alpha value is -2.25. The number of aromatic nitrogens is 1. The molecule has 1 N–H and O–H groups in total. The van der Waals surface area contributed by atoms with Gasteiger partial charge in [-0.25, -0.2) is 0 Å². The van der Waals surface area contributed by atoms with Gasteiger partial charge < -0.3 is 14.7 Å². The second kappa shape index (κ2) is 6.89. The van der Waals surface area contributed by atoms with Crippen molar-refractivity contribution in [1.82, 2.24) is 4.98 Å². The predicted molar refractivity (Wildman–Crippen MR) is 86.7 cm³/mol. The van der Waals surface area contributed by atoms with Crippen molar-refractivity contribution in [2.75, 3.05) is 31.2 Å². The number of rotatable bonds is 5. The van der Waals surface area contributed by atoms with E-state index in [0.717, 1.165) is 19.4 Å². The van der Waals surface area contributed by atoms with Crippen LogP contribution in [-0.2, 0) is 4.74 Å². The molecule has 0 amide bonds. The number of nitro benzene ring substituents is 1. The van der Waals surface area contributed by atoms with Gasteiger partial charge in [0.15, 0.2) is 0 Å². The standard InChI is InChI=1S/C16H19N3O4/c20-9-10-23-12-3-2-8-18(11-12)15-6-5-14-13(4-1-7-17-14)16(15)19(21)22/h1,4-7,12,20H,2-3,8-11H2. The minimum atomic E-state index is -0.336. The molecule has 1 aliphatic heterocycles. The summed E-state index contributed by atoms with van der Waals surface area (Å²) in [4.78, 5) is 17.5. The Bertz CT molecular complexity index is 707. The summed E-state index contributed by atoms with van der Waals surface area (Å²) in [7, 11) is 0. The van der Waals surface area contributed by atoms with Crippen LogP contribution < -0.4 is 4.90 Å². The maximum Gasteiger partial charge on any atom is 0.301 e. The predicted octanol–water partition coefficient (Wildman–Crippen LogP) is 2.12. The molecule has 0 bridgehead atoms. The summed E-state index contributed by atoms with van der Waals surface area (Å²) in [6.45, 7) is 1.62. The van der Waals surface area contributed by atoms with Gasteiger partial charge in [0.1, 0.15) is 5.69 Å². The minimum Gasteiger partial charge on any atom is -0.394 e. The zero-order valence-electron chi connectivity index (χ0n) is 12.7. The van der Waals surface area contributed by atoms with E-state index < -0.39 is 0 Å². The number of nitro groups is 1. The van der Waals surface area contributed by atoms with Crippen molar-refractivity contribution >= 4 is 22.3 Å². The van der Waals surface area contributed by atoms with E-state index in [1.807, 2.05) is 11.0 Å². The lowest BCUT2D eigenvalue weighted by atomic mass is 10.1. The number of anilines is 1. The SMILES string of the molecule is O=[N+]([O-])c1c(N2CCCC(OCCO)C2)ccc2ncccc12. The molecule has 0 saturated carbocycles. The molecule has 23 heavy (non-hydrogen) atoms. The Morgan fingerprint density at radius 2 is 2.30 bits per heavy atom. The van der Waals surface area contributed by atoms with Crippen molar-refractivity contribution < 1.29 is 14.8 Å². The molecule has 7 heteroatoms. The first-order valence-corrected chi connectivity index (χ1v) is 7.70. The van der Waals surface area contributed by atoms with Crippen LogP contribution in [0.25, 0.3) is 10.9 Å². The number of benzene rings is 1. The van der Waals surface area contributed by atoms with Crippen molar-refractivity contribution in [2.24, 2.45) is 0 Å². The smallest absolute Gasteiger partial charge is 0.301 e. The third kappa shape index (κ3) is 3.25. The monoisotopic (exact) mass is 317 g/mol. The van der Waals surface area contributed by atoms with E-state index in [-0.39, 0.29) is 23.3 Å². The number of hydrogen-bond acceptors (Lipinski definition) is 6. The third-order valence-electron chi connectivity index (χ3n) is 4.08. The lowest BCUT2D eigenvalue weighted by Gasteiger charge is -2.34. The van der Waals surface area contributed by atoms with Crippen LogP contribution in [-0.4, -0.2) is 47.4 Å². The van der Waals surface area contributed by atoms with Crippen molar-refractivity contribution in [3.8, 4) is 0 Å². The van der Waals surface area contributed by atoms with Crippen LogP contribution in [0.2, 0.25) is 0 Å². The van der Waals surface area contributed by atoms with E-state index in [1.165, 1.54) is 0 Å². The molecule has 1 aromatic heterocycles. The number of hydrogen-bond donors (Lipinski definition) is 1. The molecule has 1 aliphatic rings. The Morgan fingerprint density at radius 3 is 3.09 bits per heavy atom. The van der Waals surface area contributed by atoms with Crippen molar-refractivity contribution in [1.29, 1.82) is 0 Å². The van der Waals surface area contributed by atoms with Crippen LogP contribution in [0.5, 0.6) is 0 Å². The van der Waals surface area contributed by atoms with Crippen LogP contribution in [0.4, 0.5) is 11.4 Å². The molecule has 2 aromatic rings. The Balaban J connectivity index is 1.95. The van der Waals surface area contributed by atoms with E-state index >= 15 is 0 Å². The third-order valence-corrected chi connectivity index (χ3v) is 4.08. The largest absolute Gasteiger partial charge is 0.394 e. The van der Waals surface area contributed by atoms with Gasteiger partial charge in [0.2, 0.25) is 0 Å². The van der Waals surface area contributed by atoms with Gasteiger partial charge in [0, 0.05) is 19.3 Å². The first kappa shape index (κ1) is 15.6. The first-order valence-electron chi connectivity index (χ1n) is 7.70. The summed E-state index contributed by atoms with van der Waals surface area (Å²) in [6, 6.07) is 7.02. The molecule has 1 atom stereocenters. The number of fused-ring (bicyclic) bond motifs is 1.